The number of carbonyl (C=O) groups excluding carboxylic acids is 2. The zero-order valence-corrected chi connectivity index (χ0v) is 10.5. The summed E-state index contributed by atoms with van der Waals surface area (Å²) < 4.78 is 5.27. The molecule has 5 heteroatoms. The molecule has 16 heavy (non-hydrogen) atoms. The van der Waals surface area contributed by atoms with Gasteiger partial charge in [-0.2, -0.15) is 0 Å². The zero-order valence-electron chi connectivity index (χ0n) is 9.65. The average Bonchev–Trinajstić information content (AvgIpc) is 2.12. The molecule has 0 unspecified atom stereocenters. The first kappa shape index (κ1) is 11.5. The maximum absolute atomic E-state index is 11.9. The summed E-state index contributed by atoms with van der Waals surface area (Å²) in [6.07, 6.45) is 2.30. The van der Waals surface area contributed by atoms with Crippen LogP contribution in [0, 0.1) is 0 Å². The molecule has 88 valence electrons. The third kappa shape index (κ3) is 2.09. The number of rotatable bonds is 1. The fourth-order valence-corrected chi connectivity index (χ4v) is 2.78. The van der Waals surface area contributed by atoms with E-state index in [-0.39, 0.29) is 11.3 Å². The molecule has 0 bridgehead atoms. The van der Waals surface area contributed by atoms with Gasteiger partial charge in [-0.05, 0) is 26.8 Å². The predicted octanol–water partition coefficient (Wildman–Crippen LogP) is 1.52. The Morgan fingerprint density at radius 3 is 2.81 bits per heavy atom. The predicted molar refractivity (Wildman–Crippen MR) is 61.6 cm³/mol. The molecule has 0 radical (unpaired) electrons. The summed E-state index contributed by atoms with van der Waals surface area (Å²) in [5.41, 5.74) is -0.110. The SMILES string of the molecule is CC(C)(C)OC(=O)C1=CCS[C@@H]2CC(=O)N12. The van der Waals surface area contributed by atoms with Gasteiger partial charge in [-0.15, -0.1) is 11.8 Å². The minimum absolute atomic E-state index is 0.00862. The van der Waals surface area contributed by atoms with Crippen LogP contribution in [0.15, 0.2) is 11.8 Å². The monoisotopic (exact) mass is 241 g/mol. The quantitative estimate of drug-likeness (QED) is 0.516. The average molecular weight is 241 g/mol. The van der Waals surface area contributed by atoms with Crippen LogP contribution in [0.5, 0.6) is 0 Å². The third-order valence-corrected chi connectivity index (χ3v) is 3.46. The van der Waals surface area contributed by atoms with Crippen molar-refractivity contribution in [3.63, 3.8) is 0 Å². The highest BCUT2D eigenvalue weighted by Gasteiger charge is 2.43. The van der Waals surface area contributed by atoms with Crippen LogP contribution in [0.2, 0.25) is 0 Å². The first-order valence-electron chi connectivity index (χ1n) is 5.26. The maximum Gasteiger partial charge on any atom is 0.355 e. The van der Waals surface area contributed by atoms with Crippen molar-refractivity contribution in [2.75, 3.05) is 5.75 Å². The van der Waals surface area contributed by atoms with Crippen molar-refractivity contribution in [2.24, 2.45) is 0 Å². The van der Waals surface area contributed by atoms with Crippen LogP contribution >= 0.6 is 11.8 Å². The molecule has 0 aromatic heterocycles. The molecule has 2 heterocycles. The number of hydrogen-bond donors (Lipinski definition) is 0. The van der Waals surface area contributed by atoms with E-state index in [9.17, 15) is 9.59 Å². The van der Waals surface area contributed by atoms with Crippen LogP contribution in [0.4, 0.5) is 0 Å². The number of fused-ring (bicyclic) bond motifs is 1. The molecular formula is C11H15NO3S. The van der Waals surface area contributed by atoms with E-state index in [0.717, 1.165) is 5.75 Å². The lowest BCUT2D eigenvalue weighted by Gasteiger charge is -2.43. The van der Waals surface area contributed by atoms with Crippen LogP contribution in [0.25, 0.3) is 0 Å². The standard InChI is InChI=1S/C11H15NO3S/c1-11(2,3)15-10(14)7-4-5-16-9-6-8(13)12(7)9/h4,9H,5-6H2,1-3H3/t9-/m1/s1. The number of β-lactam (4-membered cyclic amide) rings is 1. The summed E-state index contributed by atoms with van der Waals surface area (Å²) in [6.45, 7) is 5.45. The van der Waals surface area contributed by atoms with Crippen molar-refractivity contribution >= 4 is 23.6 Å². The number of amides is 1. The number of esters is 1. The van der Waals surface area contributed by atoms with Gasteiger partial charge in [-0.1, -0.05) is 0 Å². The molecule has 0 aliphatic carbocycles. The Morgan fingerprint density at radius 1 is 1.56 bits per heavy atom. The Morgan fingerprint density at radius 2 is 2.25 bits per heavy atom. The Hall–Kier alpha value is -0.970. The smallest absolute Gasteiger partial charge is 0.355 e. The van der Waals surface area contributed by atoms with E-state index in [1.807, 2.05) is 20.8 Å². The molecule has 0 N–H and O–H groups in total. The zero-order chi connectivity index (χ0) is 11.9. The van der Waals surface area contributed by atoms with Gasteiger partial charge >= 0.3 is 5.97 Å². The molecule has 1 fully saturated rings. The molecule has 2 rings (SSSR count). The second kappa shape index (κ2) is 3.80. The van der Waals surface area contributed by atoms with Gasteiger partial charge in [0.1, 0.15) is 11.3 Å². The molecule has 1 amide bonds. The Balaban J connectivity index is 2.11. The highest BCUT2D eigenvalue weighted by Crippen LogP contribution is 2.37. The summed E-state index contributed by atoms with van der Waals surface area (Å²) in [6, 6.07) is 0. The second-order valence-corrected chi connectivity index (χ2v) is 6.06. The van der Waals surface area contributed by atoms with Crippen molar-refractivity contribution in [1.29, 1.82) is 0 Å². The fourth-order valence-electron chi connectivity index (χ4n) is 1.66. The van der Waals surface area contributed by atoms with E-state index < -0.39 is 11.6 Å². The van der Waals surface area contributed by atoms with Crippen LogP contribution in [-0.2, 0) is 14.3 Å². The van der Waals surface area contributed by atoms with Gasteiger partial charge < -0.3 is 4.74 Å². The van der Waals surface area contributed by atoms with E-state index >= 15 is 0 Å². The Kier molecular flexibility index (Phi) is 2.74. The van der Waals surface area contributed by atoms with E-state index in [0.29, 0.717) is 12.1 Å². The van der Waals surface area contributed by atoms with Gasteiger partial charge in [-0.25, -0.2) is 4.79 Å². The highest BCUT2D eigenvalue weighted by atomic mass is 32.2. The fraction of sp³-hybridized carbons (Fsp3) is 0.636. The molecule has 0 saturated carbocycles. The number of ether oxygens (including phenoxy) is 1. The lowest BCUT2D eigenvalue weighted by Crippen LogP contribution is -2.53. The summed E-state index contributed by atoms with van der Waals surface area (Å²) in [4.78, 5) is 24.8. The minimum Gasteiger partial charge on any atom is -0.455 e. The second-order valence-electron chi connectivity index (χ2n) is 4.85. The third-order valence-electron chi connectivity index (χ3n) is 2.34. The first-order valence-corrected chi connectivity index (χ1v) is 6.30. The number of carbonyl (C=O) groups is 2. The number of nitrogens with zero attached hydrogens (tertiary/aromatic N) is 1. The van der Waals surface area contributed by atoms with Crippen LogP contribution in [-0.4, -0.2) is 33.5 Å². The van der Waals surface area contributed by atoms with Crippen molar-refractivity contribution in [3.8, 4) is 0 Å². The van der Waals surface area contributed by atoms with Crippen LogP contribution in [0.3, 0.4) is 0 Å². The van der Waals surface area contributed by atoms with Crippen molar-refractivity contribution in [1.82, 2.24) is 4.90 Å². The normalized spacial score (nSPS) is 24.4. The summed E-state index contributed by atoms with van der Waals surface area (Å²) in [5.74, 6) is 0.378. The van der Waals surface area contributed by atoms with E-state index in [1.165, 1.54) is 0 Å². The molecule has 1 saturated heterocycles. The van der Waals surface area contributed by atoms with E-state index in [1.54, 1.807) is 22.7 Å². The molecule has 0 aromatic rings. The number of thioether (sulfide) groups is 1. The van der Waals surface area contributed by atoms with Crippen molar-refractivity contribution < 1.29 is 14.3 Å². The Bertz CT molecular complexity index is 370. The van der Waals surface area contributed by atoms with E-state index in [2.05, 4.69) is 0 Å². The highest BCUT2D eigenvalue weighted by molar-refractivity contribution is 8.00. The van der Waals surface area contributed by atoms with Gasteiger partial charge in [0.25, 0.3) is 0 Å². The molecular weight excluding hydrogens is 226 g/mol. The lowest BCUT2D eigenvalue weighted by molar-refractivity contribution is -0.157. The molecule has 2 aliphatic heterocycles. The molecule has 1 atom stereocenters. The van der Waals surface area contributed by atoms with Gasteiger partial charge in [0.2, 0.25) is 5.91 Å². The Labute approximate surface area is 99.0 Å². The lowest BCUT2D eigenvalue weighted by atomic mass is 10.1. The van der Waals surface area contributed by atoms with Gasteiger partial charge in [0.05, 0.1) is 11.8 Å². The van der Waals surface area contributed by atoms with Crippen molar-refractivity contribution in [2.45, 2.75) is 38.2 Å². The summed E-state index contributed by atoms with van der Waals surface area (Å²) in [5, 5.41) is 0.139. The van der Waals surface area contributed by atoms with Gasteiger partial charge in [0.15, 0.2) is 0 Å². The number of hydrogen-bond acceptors (Lipinski definition) is 4. The largest absolute Gasteiger partial charge is 0.455 e. The van der Waals surface area contributed by atoms with E-state index in [4.69, 9.17) is 4.74 Å². The van der Waals surface area contributed by atoms with Crippen molar-refractivity contribution in [3.05, 3.63) is 11.8 Å². The van der Waals surface area contributed by atoms with Crippen LogP contribution in [0.1, 0.15) is 27.2 Å². The first-order chi connectivity index (χ1) is 7.38. The molecule has 0 aromatic carbocycles. The minimum atomic E-state index is -0.522. The summed E-state index contributed by atoms with van der Waals surface area (Å²) in [7, 11) is 0. The van der Waals surface area contributed by atoms with Gasteiger partial charge in [-0.3, -0.25) is 9.69 Å². The molecule has 0 spiro atoms. The molecule has 4 nitrogen and oxygen atoms in total. The van der Waals surface area contributed by atoms with Crippen LogP contribution < -0.4 is 0 Å². The summed E-state index contributed by atoms with van der Waals surface area (Å²) >= 11 is 1.68. The topological polar surface area (TPSA) is 46.6 Å². The van der Waals surface area contributed by atoms with Gasteiger partial charge in [0, 0.05) is 5.75 Å². The molecule has 2 aliphatic rings. The maximum atomic E-state index is 11.9.